The fourth-order valence-corrected chi connectivity index (χ4v) is 5.82. The Bertz CT molecular complexity index is 554. The molecule has 0 radical (unpaired) electrons. The van der Waals surface area contributed by atoms with Crippen molar-refractivity contribution in [1.29, 1.82) is 0 Å². The normalized spacial score (nSPS) is 13.5. The first-order chi connectivity index (χ1) is 9.93. The molecule has 0 fully saturated rings. The highest BCUT2D eigenvalue weighted by Gasteiger charge is 2.31. The van der Waals surface area contributed by atoms with E-state index in [-0.39, 0.29) is 0 Å². The number of nitrogens with zero attached hydrogens (tertiary/aromatic N) is 1. The van der Waals surface area contributed by atoms with E-state index in [1.165, 1.54) is 5.20 Å². The summed E-state index contributed by atoms with van der Waals surface area (Å²) in [5.41, 5.74) is 1.13. The molecule has 2 nitrogen and oxygen atoms in total. The first kappa shape index (κ1) is 19.1. The summed E-state index contributed by atoms with van der Waals surface area (Å²) in [6.07, 6.45) is 0. The number of rotatable bonds is 5. The lowest BCUT2D eigenvalue weighted by Crippen LogP contribution is -2.38. The van der Waals surface area contributed by atoms with Gasteiger partial charge in [-0.05, 0) is 19.6 Å². The zero-order valence-electron chi connectivity index (χ0n) is 15.2. The molecule has 0 aliphatic heterocycles. The van der Waals surface area contributed by atoms with Crippen LogP contribution < -0.4 is 0 Å². The molecule has 0 unspecified atom stereocenters. The van der Waals surface area contributed by atoms with E-state index in [1.54, 1.807) is 0 Å². The lowest BCUT2D eigenvalue weighted by Gasteiger charge is -2.32. The van der Waals surface area contributed by atoms with E-state index in [1.807, 2.05) is 25.1 Å². The van der Waals surface area contributed by atoms with Crippen molar-refractivity contribution in [3.63, 3.8) is 0 Å². The topological polar surface area (TPSA) is 12.5 Å². The van der Waals surface area contributed by atoms with E-state index >= 15 is 0 Å². The van der Waals surface area contributed by atoms with Gasteiger partial charge in [0.15, 0.2) is 0 Å². The number of thiocarbonyl (C=S) groups is 1. The fraction of sp³-hybridized carbons (Fsp3) is 0.471. The van der Waals surface area contributed by atoms with Crippen molar-refractivity contribution < 1.29 is 4.43 Å². The first-order valence-electron chi connectivity index (χ1n) is 7.64. The summed E-state index contributed by atoms with van der Waals surface area (Å²) < 4.78 is 6.52. The summed E-state index contributed by atoms with van der Waals surface area (Å²) in [6.45, 7) is 13.6. The van der Waals surface area contributed by atoms with E-state index in [0.29, 0.717) is 0 Å². The number of hydrogen-bond acceptors (Lipinski definition) is 2. The summed E-state index contributed by atoms with van der Waals surface area (Å²) in [4.78, 5) is 2.93. The monoisotopic (exact) mass is 351 g/mol. The third-order valence-electron chi connectivity index (χ3n) is 3.04. The van der Waals surface area contributed by atoms with Gasteiger partial charge in [-0.15, -0.1) is 0 Å². The third-order valence-corrected chi connectivity index (χ3v) is 6.57. The predicted molar refractivity (Wildman–Crippen MR) is 107 cm³/mol. The summed E-state index contributed by atoms with van der Waals surface area (Å²) in [5, 5.41) is 1.24. The van der Waals surface area contributed by atoms with Crippen LogP contribution in [0.25, 0.3) is 5.76 Å². The molecule has 0 saturated heterocycles. The molecule has 0 spiro atoms. The molecule has 0 atom stereocenters. The van der Waals surface area contributed by atoms with Crippen molar-refractivity contribution in [3.05, 3.63) is 41.1 Å². The van der Waals surface area contributed by atoms with Crippen LogP contribution in [0.2, 0.25) is 39.3 Å². The molecule has 1 aromatic carbocycles. The standard InChI is InChI=1S/C17H29NOSSi2/c1-18(2)17(20)16(21(3,4)5)15(19-22(6,7)8)14-12-10-9-11-13-14/h9-13H,1-8H3/b16-15+. The minimum absolute atomic E-state index is 0.899. The largest absolute Gasteiger partial charge is 0.544 e. The highest BCUT2D eigenvalue weighted by Crippen LogP contribution is 2.31. The molecule has 0 aromatic heterocycles. The Labute approximate surface area is 143 Å². The lowest BCUT2D eigenvalue weighted by molar-refractivity contribution is 0.512. The molecule has 0 aliphatic rings. The molecular weight excluding hydrogens is 322 g/mol. The van der Waals surface area contributed by atoms with Gasteiger partial charge in [-0.1, -0.05) is 62.2 Å². The lowest BCUT2D eigenvalue weighted by atomic mass is 10.2. The molecule has 5 heteroatoms. The van der Waals surface area contributed by atoms with E-state index in [0.717, 1.165) is 16.3 Å². The average Bonchev–Trinajstić information content (AvgIpc) is 2.35. The van der Waals surface area contributed by atoms with Crippen LogP contribution in [-0.2, 0) is 4.43 Å². The van der Waals surface area contributed by atoms with Crippen LogP contribution in [0.15, 0.2) is 35.5 Å². The Morgan fingerprint density at radius 2 is 1.45 bits per heavy atom. The van der Waals surface area contributed by atoms with Gasteiger partial charge < -0.3 is 9.33 Å². The van der Waals surface area contributed by atoms with Crippen LogP contribution in [0, 0.1) is 0 Å². The predicted octanol–water partition coefficient (Wildman–Crippen LogP) is 5.02. The van der Waals surface area contributed by atoms with Crippen molar-refractivity contribution in [2.45, 2.75) is 39.3 Å². The number of benzene rings is 1. The minimum Gasteiger partial charge on any atom is -0.544 e. The van der Waals surface area contributed by atoms with Crippen molar-refractivity contribution in [2.75, 3.05) is 14.1 Å². The molecule has 1 rings (SSSR count). The van der Waals surface area contributed by atoms with E-state index < -0.39 is 16.4 Å². The van der Waals surface area contributed by atoms with Crippen molar-refractivity contribution in [2.24, 2.45) is 0 Å². The van der Waals surface area contributed by atoms with Crippen molar-refractivity contribution >= 4 is 39.4 Å². The Kier molecular flexibility index (Phi) is 6.18. The molecule has 0 bridgehead atoms. The Morgan fingerprint density at radius 1 is 0.955 bits per heavy atom. The summed E-state index contributed by atoms with van der Waals surface area (Å²) in [7, 11) is 0.624. The van der Waals surface area contributed by atoms with Crippen LogP contribution in [0.4, 0.5) is 0 Å². The zero-order chi connectivity index (χ0) is 17.1. The molecule has 0 saturated carbocycles. The molecular formula is C17H29NOSSi2. The van der Waals surface area contributed by atoms with Gasteiger partial charge in [-0.3, -0.25) is 0 Å². The van der Waals surface area contributed by atoms with Crippen LogP contribution in [0.1, 0.15) is 5.56 Å². The van der Waals surface area contributed by atoms with Crippen LogP contribution >= 0.6 is 12.2 Å². The van der Waals surface area contributed by atoms with Gasteiger partial charge in [0.05, 0.1) is 8.07 Å². The van der Waals surface area contributed by atoms with Gasteiger partial charge in [0, 0.05) is 24.9 Å². The molecule has 122 valence electrons. The maximum Gasteiger partial charge on any atom is 0.242 e. The smallest absolute Gasteiger partial charge is 0.242 e. The van der Waals surface area contributed by atoms with E-state index in [2.05, 4.69) is 63.5 Å². The van der Waals surface area contributed by atoms with E-state index in [4.69, 9.17) is 16.6 Å². The SMILES string of the molecule is CN(C)C(=S)/C(=C(\O[Si](C)(C)C)c1ccccc1)[Si](C)(C)C. The molecule has 1 aromatic rings. The Balaban J connectivity index is 3.63. The van der Waals surface area contributed by atoms with Crippen molar-refractivity contribution in [1.82, 2.24) is 4.90 Å². The van der Waals surface area contributed by atoms with Gasteiger partial charge in [0.1, 0.15) is 10.7 Å². The minimum atomic E-state index is -1.74. The highest BCUT2D eigenvalue weighted by molar-refractivity contribution is 7.81. The molecule has 0 amide bonds. The van der Waals surface area contributed by atoms with Crippen LogP contribution in [-0.4, -0.2) is 40.4 Å². The number of hydrogen-bond donors (Lipinski definition) is 0. The molecule has 22 heavy (non-hydrogen) atoms. The maximum absolute atomic E-state index is 6.52. The van der Waals surface area contributed by atoms with E-state index in [9.17, 15) is 0 Å². The maximum atomic E-state index is 6.52. The molecule has 0 heterocycles. The Morgan fingerprint density at radius 3 is 1.82 bits per heavy atom. The highest BCUT2D eigenvalue weighted by atomic mass is 32.1. The number of likely N-dealkylation sites (N-methyl/N-ethyl adjacent to an activating group) is 1. The molecule has 0 aliphatic carbocycles. The summed E-state index contributed by atoms with van der Waals surface area (Å²) in [5.74, 6) is 0.998. The Hall–Kier alpha value is -0.916. The van der Waals surface area contributed by atoms with Gasteiger partial charge in [0.25, 0.3) is 0 Å². The van der Waals surface area contributed by atoms with Gasteiger partial charge >= 0.3 is 0 Å². The van der Waals surface area contributed by atoms with Gasteiger partial charge in [-0.2, -0.15) is 0 Å². The fourth-order valence-electron chi connectivity index (χ4n) is 2.13. The summed E-state index contributed by atoms with van der Waals surface area (Å²) in [6, 6.07) is 10.4. The second-order valence-corrected chi connectivity index (χ2v) is 17.5. The second-order valence-electron chi connectivity index (χ2n) is 7.73. The zero-order valence-corrected chi connectivity index (χ0v) is 18.0. The molecule has 0 N–H and O–H groups in total. The second kappa shape index (κ2) is 7.11. The summed E-state index contributed by atoms with van der Waals surface area (Å²) >= 11 is 5.75. The average molecular weight is 352 g/mol. The van der Waals surface area contributed by atoms with Gasteiger partial charge in [-0.25, -0.2) is 0 Å². The van der Waals surface area contributed by atoms with Crippen molar-refractivity contribution in [3.8, 4) is 0 Å². The third kappa shape index (κ3) is 5.37. The first-order valence-corrected chi connectivity index (χ1v) is 15.0. The van der Waals surface area contributed by atoms with Gasteiger partial charge in [0.2, 0.25) is 8.32 Å². The van der Waals surface area contributed by atoms with Crippen LogP contribution in [0.5, 0.6) is 0 Å². The quantitative estimate of drug-likeness (QED) is 0.320. The van der Waals surface area contributed by atoms with Crippen LogP contribution in [0.3, 0.4) is 0 Å².